The number of hydrogen-bond acceptors (Lipinski definition) is 4. The van der Waals surface area contributed by atoms with Crippen molar-refractivity contribution in [2.45, 2.75) is 49.9 Å². The van der Waals surface area contributed by atoms with Crippen LogP contribution < -0.4 is 5.56 Å². The molecule has 3 aromatic rings. The molecule has 7 heteroatoms. The highest BCUT2D eigenvalue weighted by atomic mass is 16.2. The highest BCUT2D eigenvalue weighted by Gasteiger charge is 2.46. The van der Waals surface area contributed by atoms with E-state index in [-0.39, 0.29) is 16.9 Å². The van der Waals surface area contributed by atoms with Crippen LogP contribution in [0.15, 0.2) is 29.1 Å². The van der Waals surface area contributed by atoms with Gasteiger partial charge in [-0.15, -0.1) is 0 Å². The van der Waals surface area contributed by atoms with Crippen LogP contribution in [0.4, 0.5) is 0 Å². The van der Waals surface area contributed by atoms with Gasteiger partial charge < -0.3 is 9.88 Å². The third kappa shape index (κ3) is 2.56. The maximum absolute atomic E-state index is 13.3. The van der Waals surface area contributed by atoms with E-state index in [9.17, 15) is 9.59 Å². The zero-order chi connectivity index (χ0) is 19.6. The summed E-state index contributed by atoms with van der Waals surface area (Å²) in [6, 6.07) is 7.72. The second-order valence-electron chi connectivity index (χ2n) is 8.78. The topological polar surface area (TPSA) is 94.7 Å². The summed E-state index contributed by atoms with van der Waals surface area (Å²) in [4.78, 5) is 35.9. The van der Waals surface area contributed by atoms with Crippen molar-refractivity contribution in [1.29, 1.82) is 0 Å². The number of nitrogens with zero attached hydrogens (tertiary/aromatic N) is 3. The predicted octanol–water partition coefficient (Wildman–Crippen LogP) is 2.64. The average Bonchev–Trinajstić information content (AvgIpc) is 3.42. The van der Waals surface area contributed by atoms with Gasteiger partial charge in [-0.3, -0.25) is 14.7 Å². The van der Waals surface area contributed by atoms with Crippen LogP contribution in [0.2, 0.25) is 0 Å². The number of fused-ring (bicyclic) bond motifs is 3. The lowest BCUT2D eigenvalue weighted by molar-refractivity contribution is 0.0629. The number of likely N-dealkylation sites (tertiary alicyclic amines) is 1. The summed E-state index contributed by atoms with van der Waals surface area (Å²) in [5.41, 5.74) is 2.95. The van der Waals surface area contributed by atoms with Gasteiger partial charge in [-0.25, -0.2) is 4.98 Å². The number of amides is 1. The van der Waals surface area contributed by atoms with E-state index in [1.807, 2.05) is 29.2 Å². The number of nitrogens with one attached hydrogen (secondary N) is 2. The Morgan fingerprint density at radius 3 is 2.93 bits per heavy atom. The van der Waals surface area contributed by atoms with Gasteiger partial charge in [-0.2, -0.15) is 5.10 Å². The van der Waals surface area contributed by atoms with Gasteiger partial charge in [0.15, 0.2) is 5.69 Å². The number of para-hydroxylation sites is 1. The molecule has 7 nitrogen and oxygen atoms in total. The summed E-state index contributed by atoms with van der Waals surface area (Å²) in [5, 5.41) is 8.12. The molecule has 6 rings (SSSR count). The first-order chi connectivity index (χ1) is 14.1. The Morgan fingerprint density at radius 2 is 2.07 bits per heavy atom. The first kappa shape index (κ1) is 16.9. The van der Waals surface area contributed by atoms with Gasteiger partial charge in [0.1, 0.15) is 5.82 Å². The van der Waals surface area contributed by atoms with E-state index >= 15 is 0 Å². The maximum Gasteiger partial charge on any atom is 0.275 e. The van der Waals surface area contributed by atoms with Crippen LogP contribution in [0.1, 0.15) is 65.6 Å². The van der Waals surface area contributed by atoms with Crippen molar-refractivity contribution < 1.29 is 4.79 Å². The lowest BCUT2D eigenvalue weighted by atomic mass is 9.77. The number of hydrogen-bond donors (Lipinski definition) is 2. The van der Waals surface area contributed by atoms with E-state index in [0.717, 1.165) is 73.1 Å². The SMILES string of the molecule is O=C(c1n[nH]c2ccccc12)N1CCCC2(CCc3c2nc(C2CC2)[nH]c3=O)C1. The number of rotatable bonds is 2. The van der Waals surface area contributed by atoms with Gasteiger partial charge in [0.25, 0.3) is 11.5 Å². The number of H-pyrrole nitrogens is 2. The monoisotopic (exact) mass is 389 g/mol. The van der Waals surface area contributed by atoms with Crippen LogP contribution in [-0.2, 0) is 11.8 Å². The molecule has 1 amide bonds. The van der Waals surface area contributed by atoms with Crippen LogP contribution in [0.5, 0.6) is 0 Å². The van der Waals surface area contributed by atoms with Crippen molar-refractivity contribution in [3.63, 3.8) is 0 Å². The molecule has 29 heavy (non-hydrogen) atoms. The molecule has 1 unspecified atom stereocenters. The quantitative estimate of drug-likeness (QED) is 0.704. The molecule has 1 aromatic carbocycles. The summed E-state index contributed by atoms with van der Waals surface area (Å²) >= 11 is 0. The fourth-order valence-corrected chi connectivity index (χ4v) is 5.20. The molecule has 1 saturated carbocycles. The molecule has 1 saturated heterocycles. The molecule has 2 fully saturated rings. The highest BCUT2D eigenvalue weighted by Crippen LogP contribution is 2.45. The summed E-state index contributed by atoms with van der Waals surface area (Å²) in [6.07, 6.45) is 5.73. The van der Waals surface area contributed by atoms with E-state index in [4.69, 9.17) is 4.98 Å². The van der Waals surface area contributed by atoms with Gasteiger partial charge >= 0.3 is 0 Å². The second kappa shape index (κ2) is 6.02. The Hall–Kier alpha value is -2.96. The summed E-state index contributed by atoms with van der Waals surface area (Å²) in [6.45, 7) is 1.33. The second-order valence-corrected chi connectivity index (χ2v) is 8.78. The number of aromatic amines is 2. The minimum atomic E-state index is -0.201. The smallest absolute Gasteiger partial charge is 0.275 e. The van der Waals surface area contributed by atoms with Crippen LogP contribution in [0.3, 0.4) is 0 Å². The van der Waals surface area contributed by atoms with Crippen molar-refractivity contribution in [3.8, 4) is 0 Å². The zero-order valence-electron chi connectivity index (χ0n) is 16.2. The summed E-state index contributed by atoms with van der Waals surface area (Å²) in [5.74, 6) is 1.21. The molecule has 1 atom stereocenters. The van der Waals surface area contributed by atoms with Crippen molar-refractivity contribution in [2.24, 2.45) is 0 Å². The largest absolute Gasteiger partial charge is 0.336 e. The van der Waals surface area contributed by atoms with Crippen molar-refractivity contribution in [3.05, 3.63) is 57.4 Å². The molecule has 0 bridgehead atoms. The molecule has 1 spiro atoms. The minimum Gasteiger partial charge on any atom is -0.336 e. The summed E-state index contributed by atoms with van der Waals surface area (Å²) in [7, 11) is 0. The average molecular weight is 389 g/mol. The Kier molecular flexibility index (Phi) is 3.52. The van der Waals surface area contributed by atoms with Crippen LogP contribution in [-0.4, -0.2) is 44.1 Å². The van der Waals surface area contributed by atoms with E-state index in [2.05, 4.69) is 15.2 Å². The van der Waals surface area contributed by atoms with Crippen LogP contribution >= 0.6 is 0 Å². The molecule has 0 radical (unpaired) electrons. The first-order valence-corrected chi connectivity index (χ1v) is 10.5. The Bertz CT molecular complexity index is 1190. The molecule has 3 heterocycles. The van der Waals surface area contributed by atoms with Gasteiger partial charge in [0.2, 0.25) is 0 Å². The zero-order valence-corrected chi connectivity index (χ0v) is 16.2. The molecule has 2 aromatic heterocycles. The number of benzene rings is 1. The van der Waals surface area contributed by atoms with E-state index < -0.39 is 0 Å². The van der Waals surface area contributed by atoms with Crippen molar-refractivity contribution in [2.75, 3.05) is 13.1 Å². The Morgan fingerprint density at radius 1 is 1.21 bits per heavy atom. The molecule has 2 aliphatic carbocycles. The van der Waals surface area contributed by atoms with Crippen molar-refractivity contribution >= 4 is 16.8 Å². The molecule has 2 N–H and O–H groups in total. The van der Waals surface area contributed by atoms with Gasteiger partial charge in [0.05, 0.1) is 11.2 Å². The highest BCUT2D eigenvalue weighted by molar-refractivity contribution is 6.04. The number of aromatic nitrogens is 4. The molecule has 148 valence electrons. The lowest BCUT2D eigenvalue weighted by Crippen LogP contribution is -2.48. The number of carbonyl (C=O) groups is 1. The van der Waals surface area contributed by atoms with E-state index in [1.54, 1.807) is 0 Å². The number of piperidine rings is 1. The molecular weight excluding hydrogens is 366 g/mol. The minimum absolute atomic E-state index is 0.0236. The van der Waals surface area contributed by atoms with Crippen LogP contribution in [0, 0.1) is 0 Å². The Balaban J connectivity index is 1.36. The lowest BCUT2D eigenvalue weighted by Gasteiger charge is -2.40. The van der Waals surface area contributed by atoms with Crippen LogP contribution in [0.25, 0.3) is 10.9 Å². The molecule has 3 aliphatic rings. The van der Waals surface area contributed by atoms with E-state index in [0.29, 0.717) is 18.2 Å². The Labute approximate surface area is 167 Å². The predicted molar refractivity (Wildman–Crippen MR) is 108 cm³/mol. The number of carbonyl (C=O) groups excluding carboxylic acids is 1. The van der Waals surface area contributed by atoms with Gasteiger partial charge in [-0.1, -0.05) is 18.2 Å². The standard InChI is InChI=1S/C22H23N5O2/c28-20-15-8-10-22(18(15)23-19(24-20)13-6-7-13)9-3-11-27(12-22)21(29)17-14-4-1-2-5-16(14)25-26-17/h1-2,4-5,13H,3,6-12H2,(H,25,26)(H,23,24,28). The summed E-state index contributed by atoms with van der Waals surface area (Å²) < 4.78 is 0. The van der Waals surface area contributed by atoms with E-state index in [1.165, 1.54) is 0 Å². The normalized spacial score (nSPS) is 23.7. The molecule has 1 aliphatic heterocycles. The maximum atomic E-state index is 13.3. The third-order valence-corrected chi connectivity index (χ3v) is 6.89. The van der Waals surface area contributed by atoms with Gasteiger partial charge in [-0.05, 0) is 44.6 Å². The van der Waals surface area contributed by atoms with Crippen molar-refractivity contribution in [1.82, 2.24) is 25.1 Å². The fourth-order valence-electron chi connectivity index (χ4n) is 5.20. The third-order valence-electron chi connectivity index (χ3n) is 6.89. The fraction of sp³-hybridized carbons (Fsp3) is 0.455. The van der Waals surface area contributed by atoms with Gasteiger partial charge in [0, 0.05) is 35.4 Å². The first-order valence-electron chi connectivity index (χ1n) is 10.5. The molecular formula is C22H23N5O2.